The van der Waals surface area contributed by atoms with Crippen molar-refractivity contribution in [3.8, 4) is 11.1 Å². The molecule has 152 valence electrons. The summed E-state index contributed by atoms with van der Waals surface area (Å²) in [5.74, 6) is -0.443. The molecule has 0 spiro atoms. The molecule has 0 aliphatic heterocycles. The number of nitrogens with zero attached hydrogens (tertiary/aromatic N) is 1. The van der Waals surface area contributed by atoms with Crippen LogP contribution in [0.2, 0.25) is 0 Å². The van der Waals surface area contributed by atoms with Crippen LogP contribution in [-0.2, 0) is 16.0 Å². The van der Waals surface area contributed by atoms with Crippen molar-refractivity contribution >= 4 is 17.9 Å². The Kier molecular flexibility index (Phi) is 5.75. The van der Waals surface area contributed by atoms with Crippen LogP contribution in [0.1, 0.15) is 35.6 Å². The largest absolute Gasteiger partial charge is 0.481 e. The fraction of sp³-hybridized carbons (Fsp3) is 0.208. The van der Waals surface area contributed by atoms with Gasteiger partial charge in [-0.3, -0.25) is 10.1 Å². The van der Waals surface area contributed by atoms with Crippen LogP contribution in [0.15, 0.2) is 66.7 Å². The van der Waals surface area contributed by atoms with Crippen molar-refractivity contribution < 1.29 is 19.4 Å². The number of nitrogens with one attached hydrogen (secondary N) is 1. The van der Waals surface area contributed by atoms with Gasteiger partial charge in [0.1, 0.15) is 12.4 Å². The van der Waals surface area contributed by atoms with Gasteiger partial charge in [-0.1, -0.05) is 54.6 Å². The number of anilines is 1. The van der Waals surface area contributed by atoms with E-state index in [1.807, 2.05) is 30.3 Å². The van der Waals surface area contributed by atoms with E-state index in [9.17, 15) is 9.59 Å². The number of aromatic nitrogens is 1. The highest BCUT2D eigenvalue weighted by atomic mass is 16.5. The van der Waals surface area contributed by atoms with Crippen molar-refractivity contribution in [2.45, 2.75) is 25.2 Å². The lowest BCUT2D eigenvalue weighted by molar-refractivity contribution is -0.137. The van der Waals surface area contributed by atoms with Gasteiger partial charge in [0.15, 0.2) is 0 Å². The van der Waals surface area contributed by atoms with Gasteiger partial charge in [0.05, 0.1) is 0 Å². The predicted octanol–water partition coefficient (Wildman–Crippen LogP) is 4.85. The molecule has 3 aromatic rings. The average molecular weight is 402 g/mol. The van der Waals surface area contributed by atoms with Crippen molar-refractivity contribution in [2.75, 3.05) is 11.9 Å². The summed E-state index contributed by atoms with van der Waals surface area (Å²) in [4.78, 5) is 27.4. The molecule has 6 nitrogen and oxygen atoms in total. The van der Waals surface area contributed by atoms with Gasteiger partial charge in [-0.2, -0.15) is 0 Å². The summed E-state index contributed by atoms with van der Waals surface area (Å²) in [7, 11) is 0. The highest BCUT2D eigenvalue weighted by Gasteiger charge is 2.29. The second-order valence-corrected chi connectivity index (χ2v) is 7.21. The third kappa shape index (κ3) is 4.33. The Bertz CT molecular complexity index is 1030. The Hall–Kier alpha value is -3.67. The minimum absolute atomic E-state index is 0.00142. The number of hydrogen-bond donors (Lipinski definition) is 2. The third-order valence-corrected chi connectivity index (χ3v) is 5.20. The minimum Gasteiger partial charge on any atom is -0.481 e. The van der Waals surface area contributed by atoms with Crippen LogP contribution in [-0.4, -0.2) is 28.8 Å². The summed E-state index contributed by atoms with van der Waals surface area (Å²) in [6.45, 7) is 0.234. The number of carboxylic acids is 1. The fourth-order valence-electron chi connectivity index (χ4n) is 3.85. The highest BCUT2D eigenvalue weighted by Crippen LogP contribution is 2.44. The number of rotatable bonds is 7. The van der Waals surface area contributed by atoms with E-state index in [1.165, 1.54) is 11.1 Å². The summed E-state index contributed by atoms with van der Waals surface area (Å²) >= 11 is 0. The van der Waals surface area contributed by atoms with Crippen molar-refractivity contribution in [3.05, 3.63) is 83.6 Å². The summed E-state index contributed by atoms with van der Waals surface area (Å²) in [6, 6.07) is 21.6. The average Bonchev–Trinajstić information content (AvgIpc) is 3.06. The predicted molar refractivity (Wildman–Crippen MR) is 114 cm³/mol. The second kappa shape index (κ2) is 8.78. The molecule has 6 heteroatoms. The molecule has 1 aliphatic carbocycles. The van der Waals surface area contributed by atoms with Crippen molar-refractivity contribution in [1.82, 2.24) is 4.98 Å². The number of benzene rings is 2. The first-order chi connectivity index (χ1) is 14.6. The van der Waals surface area contributed by atoms with E-state index in [-0.39, 0.29) is 18.9 Å². The smallest absolute Gasteiger partial charge is 0.412 e. The molecular formula is C24H22N2O4. The highest BCUT2D eigenvalue weighted by molar-refractivity contribution is 5.84. The van der Waals surface area contributed by atoms with E-state index in [0.717, 1.165) is 16.8 Å². The first-order valence-corrected chi connectivity index (χ1v) is 9.91. The first-order valence-electron chi connectivity index (χ1n) is 9.91. The lowest BCUT2D eigenvalue weighted by atomic mass is 9.98. The molecular weight excluding hydrogens is 380 g/mol. The standard InChI is InChI=1S/C24H22N2O4/c27-23(28)14-6-8-16-7-5-13-22(25-16)26-24(29)30-15-21-19-11-3-1-9-17(19)18-10-2-4-12-20(18)21/h1-5,7,9-13,21H,6,8,14-15H2,(H,27,28)(H,25,26,29). The molecule has 2 aromatic carbocycles. The Morgan fingerprint density at radius 3 is 2.27 bits per heavy atom. The first kappa shape index (κ1) is 19.6. The number of hydrogen-bond acceptors (Lipinski definition) is 4. The van der Waals surface area contributed by atoms with Gasteiger partial charge in [0.2, 0.25) is 0 Å². The van der Waals surface area contributed by atoms with Crippen molar-refractivity contribution in [2.24, 2.45) is 0 Å². The number of ether oxygens (including phenoxy) is 1. The zero-order valence-corrected chi connectivity index (χ0v) is 16.4. The van der Waals surface area contributed by atoms with E-state index in [2.05, 4.69) is 34.6 Å². The van der Waals surface area contributed by atoms with Gasteiger partial charge in [0, 0.05) is 18.0 Å². The number of carbonyl (C=O) groups excluding carboxylic acids is 1. The fourth-order valence-corrected chi connectivity index (χ4v) is 3.85. The SMILES string of the molecule is O=C(O)CCCc1cccc(NC(=O)OCC2c3ccccc3-c3ccccc32)n1. The number of carbonyl (C=O) groups is 2. The maximum atomic E-state index is 12.4. The molecule has 0 unspecified atom stereocenters. The molecule has 0 saturated heterocycles. The molecule has 0 bridgehead atoms. The Morgan fingerprint density at radius 1 is 0.933 bits per heavy atom. The molecule has 0 fully saturated rings. The van der Waals surface area contributed by atoms with E-state index >= 15 is 0 Å². The number of carboxylic acid groups (broad SMARTS) is 1. The summed E-state index contributed by atoms with van der Waals surface area (Å²) in [5, 5.41) is 11.4. The number of pyridine rings is 1. The van der Waals surface area contributed by atoms with Crippen LogP contribution in [0.5, 0.6) is 0 Å². The van der Waals surface area contributed by atoms with E-state index < -0.39 is 12.1 Å². The van der Waals surface area contributed by atoms with Crippen LogP contribution >= 0.6 is 0 Å². The normalized spacial score (nSPS) is 12.1. The zero-order valence-electron chi connectivity index (χ0n) is 16.4. The monoisotopic (exact) mass is 402 g/mol. The third-order valence-electron chi connectivity index (χ3n) is 5.20. The Labute approximate surface area is 174 Å². The summed E-state index contributed by atoms with van der Waals surface area (Å²) < 4.78 is 5.53. The lowest BCUT2D eigenvalue weighted by Crippen LogP contribution is -2.18. The van der Waals surface area contributed by atoms with Crippen LogP contribution in [0.25, 0.3) is 11.1 Å². The molecule has 30 heavy (non-hydrogen) atoms. The van der Waals surface area contributed by atoms with Crippen molar-refractivity contribution in [1.29, 1.82) is 0 Å². The maximum absolute atomic E-state index is 12.4. The van der Waals surface area contributed by atoms with Gasteiger partial charge in [-0.05, 0) is 47.2 Å². The topological polar surface area (TPSA) is 88.5 Å². The molecule has 1 aromatic heterocycles. The van der Waals surface area contributed by atoms with Gasteiger partial charge in [-0.25, -0.2) is 9.78 Å². The molecule has 1 heterocycles. The lowest BCUT2D eigenvalue weighted by Gasteiger charge is -2.14. The van der Waals surface area contributed by atoms with E-state index in [1.54, 1.807) is 12.1 Å². The Balaban J connectivity index is 1.38. The van der Waals surface area contributed by atoms with Crippen molar-refractivity contribution in [3.63, 3.8) is 0 Å². The van der Waals surface area contributed by atoms with Crippen LogP contribution in [0.4, 0.5) is 10.6 Å². The number of aliphatic carboxylic acids is 1. The number of aryl methyl sites for hydroxylation is 1. The zero-order chi connectivity index (χ0) is 20.9. The van der Waals surface area contributed by atoms with Crippen LogP contribution in [0.3, 0.4) is 0 Å². The van der Waals surface area contributed by atoms with Gasteiger partial charge in [0.25, 0.3) is 0 Å². The van der Waals surface area contributed by atoms with Crippen LogP contribution < -0.4 is 5.32 Å². The summed E-state index contributed by atoms with van der Waals surface area (Å²) in [6.07, 6.45) is 0.557. The molecule has 1 aliphatic rings. The van der Waals surface area contributed by atoms with Gasteiger partial charge in [-0.15, -0.1) is 0 Å². The molecule has 0 saturated carbocycles. The molecule has 1 amide bonds. The molecule has 4 rings (SSSR count). The molecule has 0 atom stereocenters. The van der Waals surface area contributed by atoms with E-state index in [0.29, 0.717) is 18.7 Å². The van der Waals surface area contributed by atoms with Gasteiger partial charge >= 0.3 is 12.1 Å². The van der Waals surface area contributed by atoms with Crippen LogP contribution in [0, 0.1) is 0 Å². The second-order valence-electron chi connectivity index (χ2n) is 7.21. The minimum atomic E-state index is -0.831. The number of amides is 1. The maximum Gasteiger partial charge on any atom is 0.412 e. The number of fused-ring (bicyclic) bond motifs is 3. The molecule has 2 N–H and O–H groups in total. The molecule has 0 radical (unpaired) electrons. The summed E-state index contributed by atoms with van der Waals surface area (Å²) in [5.41, 5.74) is 5.40. The quantitative estimate of drug-likeness (QED) is 0.590. The van der Waals surface area contributed by atoms with E-state index in [4.69, 9.17) is 9.84 Å². The Morgan fingerprint density at radius 2 is 1.60 bits per heavy atom. The van der Waals surface area contributed by atoms with Gasteiger partial charge < -0.3 is 9.84 Å².